The van der Waals surface area contributed by atoms with Crippen molar-refractivity contribution in [3.8, 4) is 28.0 Å². The van der Waals surface area contributed by atoms with Gasteiger partial charge in [-0.25, -0.2) is 26.3 Å². The number of ether oxygens (including phenoxy) is 2. The summed E-state index contributed by atoms with van der Waals surface area (Å²) in [6, 6.07) is 9.19. The average molecular weight is 537 g/mol. The van der Waals surface area contributed by atoms with Crippen molar-refractivity contribution < 1.29 is 35.8 Å². The highest BCUT2D eigenvalue weighted by Crippen LogP contribution is 2.40. The van der Waals surface area contributed by atoms with Crippen LogP contribution in [0.4, 0.5) is 26.3 Å². The van der Waals surface area contributed by atoms with E-state index in [-0.39, 0.29) is 46.9 Å². The van der Waals surface area contributed by atoms with E-state index in [0.717, 1.165) is 30.7 Å². The van der Waals surface area contributed by atoms with Gasteiger partial charge in [0.1, 0.15) is 17.5 Å². The number of rotatable bonds is 9. The molecule has 0 aromatic heterocycles. The number of hydrogen-bond donors (Lipinski definition) is 0. The molecule has 2 nitrogen and oxygen atoms in total. The maximum atomic E-state index is 15.0. The Hall–Kier alpha value is -3.00. The van der Waals surface area contributed by atoms with Gasteiger partial charge in [-0.3, -0.25) is 0 Å². The van der Waals surface area contributed by atoms with Crippen molar-refractivity contribution >= 4 is 0 Å². The number of benzene rings is 3. The second-order valence-electron chi connectivity index (χ2n) is 9.76. The van der Waals surface area contributed by atoms with Crippen LogP contribution in [0.3, 0.4) is 0 Å². The van der Waals surface area contributed by atoms with Crippen LogP contribution < -0.4 is 4.74 Å². The molecule has 0 bridgehead atoms. The van der Waals surface area contributed by atoms with Gasteiger partial charge < -0.3 is 9.47 Å². The highest BCUT2D eigenvalue weighted by atomic mass is 19.3. The normalized spacial score (nSPS) is 18.0. The Morgan fingerprint density at radius 2 is 1.42 bits per heavy atom. The second-order valence-corrected chi connectivity index (χ2v) is 9.76. The van der Waals surface area contributed by atoms with E-state index in [1.807, 2.05) is 6.92 Å². The zero-order valence-electron chi connectivity index (χ0n) is 21.3. The topological polar surface area (TPSA) is 18.5 Å². The van der Waals surface area contributed by atoms with Gasteiger partial charge in [0.25, 0.3) is 5.92 Å². The van der Waals surface area contributed by atoms with Gasteiger partial charge in [-0.15, -0.1) is 0 Å². The molecule has 3 aromatic carbocycles. The summed E-state index contributed by atoms with van der Waals surface area (Å²) < 4.78 is 99.5. The van der Waals surface area contributed by atoms with Crippen LogP contribution in [0.25, 0.3) is 22.3 Å². The van der Waals surface area contributed by atoms with Crippen molar-refractivity contribution in [2.75, 3.05) is 13.7 Å². The fourth-order valence-corrected chi connectivity index (χ4v) is 5.09. The van der Waals surface area contributed by atoms with Crippen molar-refractivity contribution in [1.82, 2.24) is 0 Å². The zero-order chi connectivity index (χ0) is 27.4. The predicted octanol–water partition coefficient (Wildman–Crippen LogP) is 8.75. The number of alkyl halides is 2. The Balaban J connectivity index is 1.51. The van der Waals surface area contributed by atoms with Crippen molar-refractivity contribution in [1.29, 1.82) is 0 Å². The Kier molecular flexibility index (Phi) is 8.71. The quantitative estimate of drug-likeness (QED) is 0.255. The Morgan fingerprint density at radius 1 is 0.789 bits per heavy atom. The molecule has 1 fully saturated rings. The van der Waals surface area contributed by atoms with E-state index >= 15 is 8.78 Å². The number of methoxy groups -OCH3 is 1. The largest absolute Gasteiger partial charge is 0.494 e. The van der Waals surface area contributed by atoms with Crippen molar-refractivity contribution in [3.05, 3.63) is 77.4 Å². The lowest BCUT2D eigenvalue weighted by atomic mass is 9.81. The maximum absolute atomic E-state index is 15.0. The number of hydrogen-bond acceptors (Lipinski definition) is 2. The van der Waals surface area contributed by atoms with Crippen LogP contribution >= 0.6 is 0 Å². The summed E-state index contributed by atoms with van der Waals surface area (Å²) in [6.07, 6.45) is 1.69. The molecule has 0 heterocycles. The lowest BCUT2D eigenvalue weighted by molar-refractivity contribution is -0.0881. The van der Waals surface area contributed by atoms with Gasteiger partial charge in [0.2, 0.25) is 0 Å². The molecule has 0 amide bonds. The first-order chi connectivity index (χ1) is 18.1. The summed E-state index contributed by atoms with van der Waals surface area (Å²) in [5, 5.41) is 0. The Bertz CT molecular complexity index is 1240. The fourth-order valence-electron chi connectivity index (χ4n) is 5.09. The molecule has 0 saturated heterocycles. The molecule has 38 heavy (non-hydrogen) atoms. The first-order valence-electron chi connectivity index (χ1n) is 12.7. The standard InChI is InChI=1S/C30H30F6O2/c1-3-12-38-22-8-6-21(7-9-22)30(35,36)17-18-13-26(33)29(27(34)14-18)20-4-10-23(24(31)16-20)19-5-11-28(37-2)25(32)15-19/h4-5,10-11,13-16,21-22H,3,6-9,12,17H2,1-2H3. The monoisotopic (exact) mass is 536 g/mol. The molecule has 8 heteroatoms. The molecular formula is C30H30F6O2. The zero-order valence-corrected chi connectivity index (χ0v) is 21.3. The molecule has 204 valence electrons. The molecule has 0 atom stereocenters. The minimum atomic E-state index is -3.13. The van der Waals surface area contributed by atoms with Gasteiger partial charge in [-0.2, -0.15) is 0 Å². The van der Waals surface area contributed by atoms with E-state index in [0.29, 0.717) is 19.4 Å². The maximum Gasteiger partial charge on any atom is 0.254 e. The first kappa shape index (κ1) is 28.0. The smallest absolute Gasteiger partial charge is 0.254 e. The molecule has 0 aliphatic heterocycles. The van der Waals surface area contributed by atoms with Crippen molar-refractivity contribution in [3.63, 3.8) is 0 Å². The molecule has 3 aromatic rings. The fraction of sp³-hybridized carbons (Fsp3) is 0.400. The summed E-state index contributed by atoms with van der Waals surface area (Å²) in [6.45, 7) is 2.59. The molecule has 1 aliphatic rings. The summed E-state index contributed by atoms with van der Waals surface area (Å²) in [7, 11) is 1.30. The molecule has 0 unspecified atom stereocenters. The van der Waals surface area contributed by atoms with Gasteiger partial charge in [-0.05, 0) is 79.1 Å². The van der Waals surface area contributed by atoms with E-state index in [1.54, 1.807) is 0 Å². The van der Waals surface area contributed by atoms with Crippen LogP contribution in [0.2, 0.25) is 0 Å². The average Bonchev–Trinajstić information content (AvgIpc) is 2.87. The molecule has 0 spiro atoms. The summed E-state index contributed by atoms with van der Waals surface area (Å²) in [5.41, 5.74) is -0.529. The highest BCUT2D eigenvalue weighted by molar-refractivity contribution is 5.72. The van der Waals surface area contributed by atoms with E-state index in [9.17, 15) is 17.6 Å². The van der Waals surface area contributed by atoms with Gasteiger partial charge in [-0.1, -0.05) is 25.1 Å². The molecule has 0 radical (unpaired) electrons. The van der Waals surface area contributed by atoms with Crippen LogP contribution in [0.15, 0.2) is 48.5 Å². The lowest BCUT2D eigenvalue weighted by Crippen LogP contribution is -2.35. The predicted molar refractivity (Wildman–Crippen MR) is 134 cm³/mol. The highest BCUT2D eigenvalue weighted by Gasteiger charge is 2.41. The minimum absolute atomic E-state index is 0.00532. The second kappa shape index (κ2) is 11.8. The minimum Gasteiger partial charge on any atom is -0.494 e. The first-order valence-corrected chi connectivity index (χ1v) is 12.7. The molecule has 4 rings (SSSR count). The molecule has 1 saturated carbocycles. The molecule has 1 aliphatic carbocycles. The molecular weight excluding hydrogens is 506 g/mol. The van der Waals surface area contributed by atoms with E-state index < -0.39 is 47.1 Å². The van der Waals surface area contributed by atoms with Crippen LogP contribution in [-0.4, -0.2) is 25.7 Å². The third kappa shape index (κ3) is 6.17. The van der Waals surface area contributed by atoms with Crippen LogP contribution in [0.5, 0.6) is 5.75 Å². The van der Waals surface area contributed by atoms with Gasteiger partial charge in [0.05, 0.1) is 18.8 Å². The summed E-state index contributed by atoms with van der Waals surface area (Å²) in [4.78, 5) is 0. The SMILES string of the molecule is CCCOC1CCC(C(F)(F)Cc2cc(F)c(-c3ccc(-c4ccc(OC)c(F)c4)c(F)c3)c(F)c2)CC1. The van der Waals surface area contributed by atoms with Crippen LogP contribution in [0, 0.1) is 29.2 Å². The third-order valence-electron chi connectivity index (χ3n) is 7.09. The summed E-state index contributed by atoms with van der Waals surface area (Å²) in [5.74, 6) is -7.65. The van der Waals surface area contributed by atoms with Crippen molar-refractivity contribution in [2.24, 2.45) is 5.92 Å². The Morgan fingerprint density at radius 3 is 2.00 bits per heavy atom. The van der Waals surface area contributed by atoms with Gasteiger partial charge >= 0.3 is 0 Å². The van der Waals surface area contributed by atoms with Gasteiger partial charge in [0.15, 0.2) is 11.6 Å². The summed E-state index contributed by atoms with van der Waals surface area (Å²) >= 11 is 0. The van der Waals surface area contributed by atoms with Crippen molar-refractivity contribution in [2.45, 2.75) is 57.5 Å². The third-order valence-corrected chi connectivity index (χ3v) is 7.09. The lowest BCUT2D eigenvalue weighted by Gasteiger charge is -2.33. The Labute approximate surface area is 218 Å². The van der Waals surface area contributed by atoms with E-state index in [2.05, 4.69) is 0 Å². The number of halogens is 6. The molecule has 0 N–H and O–H groups in total. The van der Waals surface area contributed by atoms with E-state index in [4.69, 9.17) is 9.47 Å². The van der Waals surface area contributed by atoms with Crippen LogP contribution in [-0.2, 0) is 11.2 Å². The van der Waals surface area contributed by atoms with Gasteiger partial charge in [0, 0.05) is 24.5 Å². The van der Waals surface area contributed by atoms with E-state index in [1.165, 1.54) is 31.4 Å². The van der Waals surface area contributed by atoms with Crippen LogP contribution in [0.1, 0.15) is 44.6 Å².